The smallest absolute Gasteiger partial charge is 0.245 e. The Labute approximate surface area is 284 Å². The van der Waals surface area contributed by atoms with Gasteiger partial charge < -0.3 is 59.7 Å². The molecule has 0 fully saturated rings. The molecule has 0 unspecified atom stereocenters. The van der Waals surface area contributed by atoms with Gasteiger partial charge in [0.2, 0.25) is 35.4 Å². The number of primary amides is 1. The molecule has 1 aromatic rings. The first-order chi connectivity index (χ1) is 22.6. The van der Waals surface area contributed by atoms with Gasteiger partial charge in [0.15, 0.2) is 5.96 Å². The fraction of sp³-hybridized carbons (Fsp3) is 0.552. The lowest BCUT2D eigenvalue weighted by atomic mass is 9.97. The van der Waals surface area contributed by atoms with Crippen LogP contribution in [-0.2, 0) is 35.2 Å². The van der Waals surface area contributed by atoms with Crippen molar-refractivity contribution in [2.75, 3.05) is 25.4 Å². The number of phenols is 1. The fourth-order valence-corrected chi connectivity index (χ4v) is 4.34. The highest BCUT2D eigenvalue weighted by atomic mass is 32.1. The van der Waals surface area contributed by atoms with Crippen molar-refractivity contribution in [2.45, 2.75) is 69.7 Å². The Hall–Kier alpha value is -4.62. The Morgan fingerprint density at radius 2 is 1.48 bits per heavy atom. The van der Waals surface area contributed by atoms with Crippen molar-refractivity contribution in [3.05, 3.63) is 29.8 Å². The molecule has 0 radical (unpaired) electrons. The van der Waals surface area contributed by atoms with E-state index in [2.05, 4.69) is 44.2 Å². The summed E-state index contributed by atoms with van der Waals surface area (Å²) in [6, 6.07) is 0.0742. The number of aliphatic hydroxyl groups is 1. The van der Waals surface area contributed by atoms with Crippen LogP contribution in [0, 0.1) is 5.92 Å². The standard InChI is InChI=1S/C29H48N10O8S/c1-3-15(2)23(39-26(45)20(38-25(44)18(30)14-48)11-16-6-8-17(41)9-7-16)28(47)35-12-22(42)36-21(13-40)27(46)37-19(24(31)43)5-4-10-34-29(32)33/h6-9,15,18-21,23,40-41,48H,3-5,10-14,30H2,1-2H3,(H2,31,43)(H,35,47)(H,36,42)(H,37,46)(H,38,44)(H,39,45)(H4,32,33,34)/t15-,18-,19-,20-,21-,23+/m0/s1. The van der Waals surface area contributed by atoms with Gasteiger partial charge in [-0.3, -0.25) is 33.8 Å². The lowest BCUT2D eigenvalue weighted by molar-refractivity contribution is -0.134. The summed E-state index contributed by atoms with van der Waals surface area (Å²) in [6.07, 6.45) is 0.842. The molecule has 15 N–H and O–H groups in total. The van der Waals surface area contributed by atoms with Crippen LogP contribution in [0.25, 0.3) is 0 Å². The normalized spacial score (nSPS) is 14.5. The number of guanidine groups is 1. The summed E-state index contributed by atoms with van der Waals surface area (Å²) in [4.78, 5) is 80.0. The average Bonchev–Trinajstić information content (AvgIpc) is 3.05. The summed E-state index contributed by atoms with van der Waals surface area (Å²) in [7, 11) is 0. The molecule has 0 heterocycles. The molecule has 1 rings (SSSR count). The summed E-state index contributed by atoms with van der Waals surface area (Å²) >= 11 is 4.02. The molecule has 6 amide bonds. The molecule has 0 spiro atoms. The van der Waals surface area contributed by atoms with Gasteiger partial charge in [-0.25, -0.2) is 0 Å². The van der Waals surface area contributed by atoms with E-state index in [0.717, 1.165) is 0 Å². The minimum Gasteiger partial charge on any atom is -0.508 e. The number of nitrogens with zero attached hydrogens (tertiary/aromatic N) is 1. The van der Waals surface area contributed by atoms with E-state index < -0.39 is 84.7 Å². The van der Waals surface area contributed by atoms with Crippen molar-refractivity contribution in [1.29, 1.82) is 0 Å². The topological polar surface area (TPSA) is 319 Å². The highest BCUT2D eigenvalue weighted by molar-refractivity contribution is 7.80. The maximum atomic E-state index is 13.4. The monoisotopic (exact) mass is 696 g/mol. The molecule has 0 aliphatic carbocycles. The second kappa shape index (κ2) is 21.3. The number of aromatic hydroxyl groups is 1. The van der Waals surface area contributed by atoms with Gasteiger partial charge in [0, 0.05) is 18.7 Å². The zero-order valence-corrected chi connectivity index (χ0v) is 27.9. The fourth-order valence-electron chi connectivity index (χ4n) is 4.17. The highest BCUT2D eigenvalue weighted by Gasteiger charge is 2.31. The third-order valence-corrected chi connectivity index (χ3v) is 7.59. The molecule has 18 nitrogen and oxygen atoms in total. The van der Waals surface area contributed by atoms with Crippen molar-refractivity contribution >= 4 is 54.0 Å². The van der Waals surface area contributed by atoms with Gasteiger partial charge in [-0.05, 0) is 36.5 Å². The van der Waals surface area contributed by atoms with Gasteiger partial charge in [-0.1, -0.05) is 32.4 Å². The number of phenolic OH excluding ortho intramolecular Hbond substituents is 1. The molecular formula is C29H48N10O8S. The maximum Gasteiger partial charge on any atom is 0.245 e. The van der Waals surface area contributed by atoms with Crippen LogP contribution in [0.2, 0.25) is 0 Å². The average molecular weight is 697 g/mol. The number of aliphatic imine (C=N–C) groups is 1. The van der Waals surface area contributed by atoms with E-state index in [4.69, 9.17) is 22.9 Å². The molecule has 0 aliphatic heterocycles. The van der Waals surface area contributed by atoms with Crippen LogP contribution >= 0.6 is 12.6 Å². The van der Waals surface area contributed by atoms with Crippen LogP contribution < -0.4 is 49.5 Å². The van der Waals surface area contributed by atoms with E-state index in [1.165, 1.54) is 12.1 Å². The third kappa shape index (κ3) is 14.9. The molecule has 6 atom stereocenters. The van der Waals surface area contributed by atoms with E-state index in [1.807, 2.05) is 0 Å². The minimum atomic E-state index is -1.48. The summed E-state index contributed by atoms with van der Waals surface area (Å²) in [5.41, 5.74) is 22.2. The number of rotatable bonds is 21. The number of amides is 6. The molecule has 0 aromatic heterocycles. The van der Waals surface area contributed by atoms with E-state index >= 15 is 0 Å². The molecule has 268 valence electrons. The van der Waals surface area contributed by atoms with Crippen molar-refractivity contribution in [1.82, 2.24) is 26.6 Å². The molecule has 48 heavy (non-hydrogen) atoms. The van der Waals surface area contributed by atoms with Crippen LogP contribution in [0.1, 0.15) is 38.7 Å². The molecule has 0 saturated carbocycles. The van der Waals surface area contributed by atoms with Gasteiger partial charge in [-0.2, -0.15) is 12.6 Å². The van der Waals surface area contributed by atoms with Crippen LogP contribution in [0.15, 0.2) is 29.3 Å². The molecular weight excluding hydrogens is 648 g/mol. The van der Waals surface area contributed by atoms with E-state index in [0.29, 0.717) is 18.4 Å². The molecule has 0 bridgehead atoms. The van der Waals surface area contributed by atoms with Gasteiger partial charge in [0.25, 0.3) is 0 Å². The molecule has 0 saturated heterocycles. The molecule has 19 heteroatoms. The number of carbonyl (C=O) groups excluding carboxylic acids is 6. The van der Waals surface area contributed by atoms with Gasteiger partial charge in [-0.15, -0.1) is 0 Å². The quantitative estimate of drug-likeness (QED) is 0.0253. The Morgan fingerprint density at radius 3 is 2.02 bits per heavy atom. The van der Waals surface area contributed by atoms with Gasteiger partial charge >= 0.3 is 0 Å². The number of hydrogen-bond acceptors (Lipinski definition) is 11. The Bertz CT molecular complexity index is 1280. The Morgan fingerprint density at radius 1 is 0.875 bits per heavy atom. The van der Waals surface area contributed by atoms with Crippen molar-refractivity contribution in [3.63, 3.8) is 0 Å². The van der Waals surface area contributed by atoms with Crippen LogP contribution in [0.4, 0.5) is 0 Å². The van der Waals surface area contributed by atoms with Crippen LogP contribution in [0.5, 0.6) is 5.75 Å². The number of thiol groups is 1. The van der Waals surface area contributed by atoms with Crippen molar-refractivity contribution in [3.8, 4) is 5.75 Å². The lowest BCUT2D eigenvalue weighted by Crippen LogP contribution is -2.59. The Balaban J connectivity index is 2.92. The Kier molecular flexibility index (Phi) is 18.4. The third-order valence-electron chi connectivity index (χ3n) is 7.20. The second-order valence-electron chi connectivity index (χ2n) is 11.0. The van der Waals surface area contributed by atoms with Crippen molar-refractivity contribution in [2.24, 2.45) is 33.8 Å². The number of nitrogens with one attached hydrogen (secondary N) is 5. The predicted molar refractivity (Wildman–Crippen MR) is 180 cm³/mol. The number of aliphatic hydroxyl groups excluding tert-OH is 1. The van der Waals surface area contributed by atoms with Crippen molar-refractivity contribution < 1.29 is 39.0 Å². The second-order valence-corrected chi connectivity index (χ2v) is 11.4. The summed E-state index contributed by atoms with van der Waals surface area (Å²) in [5.74, 6) is -5.20. The predicted octanol–water partition coefficient (Wildman–Crippen LogP) is -4.18. The maximum absolute atomic E-state index is 13.4. The first-order valence-corrected chi connectivity index (χ1v) is 15.8. The lowest BCUT2D eigenvalue weighted by Gasteiger charge is -2.27. The zero-order valence-electron chi connectivity index (χ0n) is 27.0. The number of benzene rings is 1. The largest absolute Gasteiger partial charge is 0.508 e. The summed E-state index contributed by atoms with van der Waals surface area (Å²) in [5, 5.41) is 31.5. The molecule has 0 aliphatic rings. The molecule has 1 aromatic carbocycles. The van der Waals surface area contributed by atoms with Gasteiger partial charge in [0.1, 0.15) is 29.9 Å². The number of hydrogen-bond donors (Lipinski definition) is 12. The van der Waals surface area contributed by atoms with E-state index in [9.17, 15) is 39.0 Å². The van der Waals surface area contributed by atoms with Crippen LogP contribution in [0.3, 0.4) is 0 Å². The minimum absolute atomic E-state index is 0.00584. The zero-order chi connectivity index (χ0) is 36.4. The summed E-state index contributed by atoms with van der Waals surface area (Å²) in [6.45, 7) is 2.20. The highest BCUT2D eigenvalue weighted by Crippen LogP contribution is 2.13. The first kappa shape index (κ1) is 41.4. The number of nitrogens with two attached hydrogens (primary N) is 4. The SMILES string of the molecule is CC[C@H](C)[C@@H](NC(=O)[C@H](Cc1ccc(O)cc1)NC(=O)[C@@H](N)CS)C(=O)NCC(=O)N[C@@H](CO)C(=O)N[C@@H](CCCN=C(N)N)C(N)=O. The van der Waals surface area contributed by atoms with E-state index in [1.54, 1.807) is 26.0 Å². The van der Waals surface area contributed by atoms with Crippen LogP contribution in [-0.4, -0.2) is 107 Å². The summed E-state index contributed by atoms with van der Waals surface area (Å²) < 4.78 is 0. The van der Waals surface area contributed by atoms with Gasteiger partial charge in [0.05, 0.1) is 19.2 Å². The first-order valence-electron chi connectivity index (χ1n) is 15.2. The number of carbonyl (C=O) groups is 6. The van der Waals surface area contributed by atoms with E-state index in [-0.39, 0.29) is 36.8 Å².